The first-order valence-electron chi connectivity index (χ1n) is 6.23. The van der Waals surface area contributed by atoms with Crippen molar-refractivity contribution in [3.8, 4) is 0 Å². The lowest BCUT2D eigenvalue weighted by Gasteiger charge is -2.08. The van der Waals surface area contributed by atoms with Crippen LogP contribution in [0.3, 0.4) is 0 Å². The van der Waals surface area contributed by atoms with Gasteiger partial charge in [-0.05, 0) is 42.5 Å². The quantitative estimate of drug-likeness (QED) is 0.657. The van der Waals surface area contributed by atoms with E-state index in [-0.39, 0.29) is 15.7 Å². The van der Waals surface area contributed by atoms with Crippen LogP contribution in [0.25, 0.3) is 10.9 Å². The molecule has 3 rings (SSSR count). The average molecular weight is 379 g/mol. The van der Waals surface area contributed by atoms with Gasteiger partial charge in [0.15, 0.2) is 4.77 Å². The molecule has 0 unspecified atom stereocenters. The number of hydrogen-bond donors (Lipinski definition) is 1. The minimum Gasteiger partial charge on any atom is -0.331 e. The highest BCUT2D eigenvalue weighted by Crippen LogP contribution is 2.16. The van der Waals surface area contributed by atoms with E-state index in [0.29, 0.717) is 9.99 Å². The normalized spacial score (nSPS) is 10.8. The molecular formula is C15H8BrFN2O2S. The fourth-order valence-electron chi connectivity index (χ4n) is 2.13. The highest BCUT2D eigenvalue weighted by molar-refractivity contribution is 9.10. The third-order valence-corrected chi connectivity index (χ3v) is 3.95. The van der Waals surface area contributed by atoms with Crippen molar-refractivity contribution in [2.75, 3.05) is 0 Å². The van der Waals surface area contributed by atoms with E-state index >= 15 is 0 Å². The molecule has 0 bridgehead atoms. The molecule has 1 heterocycles. The highest BCUT2D eigenvalue weighted by atomic mass is 79.9. The van der Waals surface area contributed by atoms with Crippen LogP contribution in [0.4, 0.5) is 4.39 Å². The summed E-state index contributed by atoms with van der Waals surface area (Å²) >= 11 is 8.34. The molecule has 0 aliphatic heterocycles. The number of hydrogen-bond acceptors (Lipinski definition) is 3. The van der Waals surface area contributed by atoms with Gasteiger partial charge in [-0.3, -0.25) is 9.59 Å². The fraction of sp³-hybridized carbons (Fsp3) is 0. The minimum absolute atomic E-state index is 0.0759. The minimum atomic E-state index is -0.800. The molecule has 4 nitrogen and oxygen atoms in total. The molecule has 2 aromatic carbocycles. The van der Waals surface area contributed by atoms with Crippen LogP contribution in [-0.4, -0.2) is 15.5 Å². The third kappa shape index (κ3) is 2.42. The molecule has 3 aromatic rings. The fourth-order valence-corrected chi connectivity index (χ4v) is 2.76. The molecule has 0 spiro atoms. The third-order valence-electron chi connectivity index (χ3n) is 3.17. The average Bonchev–Trinajstić information content (AvgIpc) is 2.48. The Kier molecular flexibility index (Phi) is 3.76. The zero-order chi connectivity index (χ0) is 15.9. The summed E-state index contributed by atoms with van der Waals surface area (Å²) in [6.45, 7) is 0. The molecule has 0 radical (unpaired) electrons. The van der Waals surface area contributed by atoms with Crippen LogP contribution in [0, 0.1) is 10.6 Å². The Bertz CT molecular complexity index is 1030. The summed E-state index contributed by atoms with van der Waals surface area (Å²) in [7, 11) is 0. The van der Waals surface area contributed by atoms with Crippen molar-refractivity contribution in [3.05, 3.63) is 73.4 Å². The number of rotatable bonds is 1. The number of nitrogens with zero attached hydrogens (tertiary/aromatic N) is 1. The SMILES string of the molecule is O=C(c1ccccc1F)n1c(=S)[nH]c2ccc(Br)cc2c1=O. The zero-order valence-electron chi connectivity index (χ0n) is 11.0. The Labute approximate surface area is 137 Å². The van der Waals surface area contributed by atoms with Crippen molar-refractivity contribution >= 4 is 45.0 Å². The van der Waals surface area contributed by atoms with E-state index in [4.69, 9.17) is 12.2 Å². The smallest absolute Gasteiger partial charge is 0.270 e. The molecule has 0 amide bonds. The second-order valence-electron chi connectivity index (χ2n) is 4.55. The predicted octanol–water partition coefficient (Wildman–Crippen LogP) is 3.65. The summed E-state index contributed by atoms with van der Waals surface area (Å²) in [6, 6.07) is 10.4. The zero-order valence-corrected chi connectivity index (χ0v) is 13.4. The molecule has 0 saturated carbocycles. The van der Waals surface area contributed by atoms with Gasteiger partial charge < -0.3 is 4.98 Å². The first kappa shape index (κ1) is 14.8. The van der Waals surface area contributed by atoms with Gasteiger partial charge in [0.25, 0.3) is 11.5 Å². The topological polar surface area (TPSA) is 54.9 Å². The van der Waals surface area contributed by atoms with E-state index < -0.39 is 17.3 Å². The Hall–Kier alpha value is -2.12. The number of benzene rings is 2. The van der Waals surface area contributed by atoms with Crippen LogP contribution < -0.4 is 5.56 Å². The van der Waals surface area contributed by atoms with Crippen molar-refractivity contribution in [2.45, 2.75) is 0 Å². The van der Waals surface area contributed by atoms with Crippen molar-refractivity contribution in [3.63, 3.8) is 0 Å². The number of carbonyl (C=O) groups is 1. The second-order valence-corrected chi connectivity index (χ2v) is 5.85. The van der Waals surface area contributed by atoms with Crippen LogP contribution in [0.15, 0.2) is 51.7 Å². The van der Waals surface area contributed by atoms with Gasteiger partial charge in [0.1, 0.15) is 5.82 Å². The van der Waals surface area contributed by atoms with Crippen molar-refractivity contribution in [1.29, 1.82) is 0 Å². The number of nitrogens with one attached hydrogen (secondary N) is 1. The lowest BCUT2D eigenvalue weighted by molar-refractivity contribution is 0.0949. The molecular weight excluding hydrogens is 371 g/mol. The predicted molar refractivity (Wildman–Crippen MR) is 87.2 cm³/mol. The Morgan fingerprint density at radius 1 is 1.23 bits per heavy atom. The van der Waals surface area contributed by atoms with E-state index in [2.05, 4.69) is 20.9 Å². The van der Waals surface area contributed by atoms with Gasteiger partial charge in [-0.1, -0.05) is 28.1 Å². The second kappa shape index (κ2) is 5.58. The maximum absolute atomic E-state index is 13.8. The number of halogens is 2. The van der Waals surface area contributed by atoms with Crippen LogP contribution in [-0.2, 0) is 0 Å². The number of carbonyl (C=O) groups excluding carboxylic acids is 1. The summed E-state index contributed by atoms with van der Waals surface area (Å²) in [5.41, 5.74) is -0.289. The number of H-pyrrole nitrogens is 1. The molecule has 0 fully saturated rings. The van der Waals surface area contributed by atoms with E-state index in [1.807, 2.05) is 0 Å². The molecule has 0 aliphatic rings. The molecule has 0 saturated heterocycles. The highest BCUT2D eigenvalue weighted by Gasteiger charge is 2.17. The molecule has 1 aromatic heterocycles. The Morgan fingerprint density at radius 2 is 1.95 bits per heavy atom. The summed E-state index contributed by atoms with van der Waals surface area (Å²) in [5.74, 6) is -1.51. The van der Waals surface area contributed by atoms with Gasteiger partial charge in [0, 0.05) is 4.47 Å². The van der Waals surface area contributed by atoms with Gasteiger partial charge in [-0.2, -0.15) is 0 Å². The lowest BCUT2D eigenvalue weighted by Crippen LogP contribution is -2.29. The van der Waals surface area contributed by atoms with E-state index in [1.54, 1.807) is 18.2 Å². The molecule has 0 aliphatic carbocycles. The first-order chi connectivity index (χ1) is 10.5. The van der Waals surface area contributed by atoms with Gasteiger partial charge in [0.05, 0.1) is 16.5 Å². The van der Waals surface area contributed by atoms with Gasteiger partial charge in [-0.15, -0.1) is 0 Å². The van der Waals surface area contributed by atoms with Gasteiger partial charge >= 0.3 is 0 Å². The Morgan fingerprint density at radius 3 is 2.68 bits per heavy atom. The van der Waals surface area contributed by atoms with Gasteiger partial charge in [0.2, 0.25) is 0 Å². The van der Waals surface area contributed by atoms with E-state index in [1.165, 1.54) is 18.2 Å². The largest absolute Gasteiger partial charge is 0.331 e. The number of aromatic nitrogens is 2. The van der Waals surface area contributed by atoms with Crippen LogP contribution in [0.1, 0.15) is 10.4 Å². The Balaban J connectivity index is 2.32. The van der Waals surface area contributed by atoms with Crippen LogP contribution in [0.5, 0.6) is 0 Å². The van der Waals surface area contributed by atoms with Crippen LogP contribution in [0.2, 0.25) is 0 Å². The maximum atomic E-state index is 13.8. The molecule has 110 valence electrons. The van der Waals surface area contributed by atoms with E-state index in [0.717, 1.165) is 10.6 Å². The number of fused-ring (bicyclic) bond motifs is 1. The maximum Gasteiger partial charge on any atom is 0.270 e. The molecule has 7 heteroatoms. The first-order valence-corrected chi connectivity index (χ1v) is 7.43. The monoisotopic (exact) mass is 378 g/mol. The van der Waals surface area contributed by atoms with Crippen molar-refractivity contribution in [1.82, 2.24) is 9.55 Å². The lowest BCUT2D eigenvalue weighted by atomic mass is 10.2. The summed E-state index contributed by atoms with van der Waals surface area (Å²) in [5, 5.41) is 0.285. The molecule has 0 atom stereocenters. The van der Waals surface area contributed by atoms with Crippen LogP contribution >= 0.6 is 28.1 Å². The van der Waals surface area contributed by atoms with Gasteiger partial charge in [-0.25, -0.2) is 8.96 Å². The standard InChI is InChI=1S/C15H8BrFN2O2S/c16-8-5-6-12-10(7-8)14(21)19(15(22)18-12)13(20)9-3-1-2-4-11(9)17/h1-7H,(H,18,22). The summed E-state index contributed by atoms with van der Waals surface area (Å²) < 4.78 is 15.2. The van der Waals surface area contributed by atoms with E-state index in [9.17, 15) is 14.0 Å². The summed E-state index contributed by atoms with van der Waals surface area (Å²) in [4.78, 5) is 27.8. The molecule has 22 heavy (non-hydrogen) atoms. The van der Waals surface area contributed by atoms with Crippen molar-refractivity contribution < 1.29 is 9.18 Å². The summed E-state index contributed by atoms with van der Waals surface area (Å²) in [6.07, 6.45) is 0. The number of aromatic amines is 1. The van der Waals surface area contributed by atoms with Crippen molar-refractivity contribution in [2.24, 2.45) is 0 Å². The molecule has 1 N–H and O–H groups in total.